The van der Waals surface area contributed by atoms with E-state index in [-0.39, 0.29) is 12.3 Å². The summed E-state index contributed by atoms with van der Waals surface area (Å²) in [6.45, 7) is 0.794. The van der Waals surface area contributed by atoms with Crippen molar-refractivity contribution in [2.45, 2.75) is 38.5 Å². The maximum atomic E-state index is 12.2. The van der Waals surface area contributed by atoms with Gasteiger partial charge in [0.15, 0.2) is 0 Å². The van der Waals surface area contributed by atoms with E-state index in [1.807, 2.05) is 12.3 Å². The highest BCUT2D eigenvalue weighted by atomic mass is 16.1. The van der Waals surface area contributed by atoms with Crippen molar-refractivity contribution in [2.75, 3.05) is 6.54 Å². The van der Waals surface area contributed by atoms with Crippen LogP contribution in [0.15, 0.2) is 18.5 Å². The van der Waals surface area contributed by atoms with Crippen LogP contribution >= 0.6 is 0 Å². The molecule has 3 N–H and O–H groups in total. The van der Waals surface area contributed by atoms with Gasteiger partial charge >= 0.3 is 0 Å². The fraction of sp³-hybridized carbons (Fsp3) is 0.471. The van der Waals surface area contributed by atoms with Crippen LogP contribution in [0.2, 0.25) is 0 Å². The van der Waals surface area contributed by atoms with Gasteiger partial charge < -0.3 is 15.3 Å². The zero-order valence-electron chi connectivity index (χ0n) is 13.1. The van der Waals surface area contributed by atoms with E-state index in [9.17, 15) is 4.79 Å². The summed E-state index contributed by atoms with van der Waals surface area (Å²) in [5.41, 5.74) is 2.56. The minimum Gasteiger partial charge on any atom is -0.355 e. The fourth-order valence-corrected chi connectivity index (χ4v) is 3.48. The number of hydrogen-bond acceptors (Lipinski definition) is 3. The van der Waals surface area contributed by atoms with Gasteiger partial charge in [0.05, 0.1) is 18.1 Å². The van der Waals surface area contributed by atoms with Crippen LogP contribution in [0.4, 0.5) is 0 Å². The molecule has 0 aliphatic heterocycles. The van der Waals surface area contributed by atoms with E-state index in [1.165, 1.54) is 32.1 Å². The monoisotopic (exact) mass is 311 g/mol. The molecule has 1 aliphatic rings. The molecule has 6 nitrogen and oxygen atoms in total. The van der Waals surface area contributed by atoms with E-state index < -0.39 is 0 Å². The summed E-state index contributed by atoms with van der Waals surface area (Å²) in [5, 5.41) is 4.06. The van der Waals surface area contributed by atoms with Gasteiger partial charge in [0, 0.05) is 18.1 Å². The molecule has 1 amide bonds. The van der Waals surface area contributed by atoms with E-state index in [2.05, 4.69) is 25.3 Å². The summed E-state index contributed by atoms with van der Waals surface area (Å²) < 4.78 is 0. The maximum Gasteiger partial charge on any atom is 0.227 e. The number of aromatic nitrogens is 4. The SMILES string of the molecule is O=C(Cc1nc2cnc3[nH]ccc3c2[nH]1)NCC1CCCCC1. The molecule has 1 fully saturated rings. The number of fused-ring (bicyclic) bond motifs is 3. The molecule has 23 heavy (non-hydrogen) atoms. The summed E-state index contributed by atoms with van der Waals surface area (Å²) in [6.07, 6.45) is 10.3. The second-order valence-corrected chi connectivity index (χ2v) is 6.43. The number of pyridine rings is 1. The lowest BCUT2D eigenvalue weighted by molar-refractivity contribution is -0.120. The van der Waals surface area contributed by atoms with Gasteiger partial charge in [0.25, 0.3) is 0 Å². The molecule has 0 radical (unpaired) electrons. The van der Waals surface area contributed by atoms with Gasteiger partial charge in [-0.1, -0.05) is 19.3 Å². The number of imidazole rings is 1. The van der Waals surface area contributed by atoms with E-state index in [1.54, 1.807) is 6.20 Å². The summed E-state index contributed by atoms with van der Waals surface area (Å²) in [7, 11) is 0. The lowest BCUT2D eigenvalue weighted by Gasteiger charge is -2.21. The van der Waals surface area contributed by atoms with Gasteiger partial charge in [-0.15, -0.1) is 0 Å². The Kier molecular flexibility index (Phi) is 3.73. The highest BCUT2D eigenvalue weighted by Gasteiger charge is 2.15. The van der Waals surface area contributed by atoms with Gasteiger partial charge in [-0.05, 0) is 24.8 Å². The molecule has 120 valence electrons. The molecule has 3 aromatic rings. The van der Waals surface area contributed by atoms with Gasteiger partial charge in [0.2, 0.25) is 5.91 Å². The number of amides is 1. The van der Waals surface area contributed by atoms with E-state index >= 15 is 0 Å². The van der Waals surface area contributed by atoms with Crippen molar-refractivity contribution in [1.29, 1.82) is 0 Å². The lowest BCUT2D eigenvalue weighted by atomic mass is 9.89. The first-order valence-corrected chi connectivity index (χ1v) is 8.37. The van der Waals surface area contributed by atoms with E-state index in [0.29, 0.717) is 11.7 Å². The molecular formula is C17H21N5O. The molecular weight excluding hydrogens is 290 g/mol. The first-order valence-electron chi connectivity index (χ1n) is 8.37. The van der Waals surface area contributed by atoms with Crippen molar-refractivity contribution in [3.8, 4) is 0 Å². The van der Waals surface area contributed by atoms with Crippen LogP contribution in [0.1, 0.15) is 37.9 Å². The quantitative estimate of drug-likeness (QED) is 0.692. The molecule has 1 aliphatic carbocycles. The smallest absolute Gasteiger partial charge is 0.227 e. The van der Waals surface area contributed by atoms with Gasteiger partial charge in [-0.3, -0.25) is 4.79 Å². The second-order valence-electron chi connectivity index (χ2n) is 6.43. The number of hydrogen-bond donors (Lipinski definition) is 3. The van der Waals surface area contributed by atoms with Gasteiger partial charge in [-0.25, -0.2) is 9.97 Å². The molecule has 0 saturated heterocycles. The molecule has 3 heterocycles. The highest BCUT2D eigenvalue weighted by molar-refractivity contribution is 6.00. The van der Waals surface area contributed by atoms with Crippen LogP contribution in [0.3, 0.4) is 0 Å². The lowest BCUT2D eigenvalue weighted by Crippen LogP contribution is -2.31. The predicted molar refractivity (Wildman–Crippen MR) is 89.0 cm³/mol. The minimum absolute atomic E-state index is 0.0351. The summed E-state index contributed by atoms with van der Waals surface area (Å²) in [4.78, 5) is 27.3. The third-order valence-electron chi connectivity index (χ3n) is 4.73. The Labute approximate surface area is 134 Å². The topological polar surface area (TPSA) is 86.5 Å². The Balaban J connectivity index is 1.43. The third-order valence-corrected chi connectivity index (χ3v) is 4.73. The zero-order valence-corrected chi connectivity index (χ0v) is 13.1. The van der Waals surface area contributed by atoms with E-state index in [4.69, 9.17) is 0 Å². The van der Waals surface area contributed by atoms with Crippen molar-refractivity contribution in [3.05, 3.63) is 24.3 Å². The summed E-state index contributed by atoms with van der Waals surface area (Å²) >= 11 is 0. The standard InChI is InChI=1S/C17H21N5O/c23-15(19-9-11-4-2-1-3-5-11)8-14-21-13-10-20-17-12(6-7-18-17)16(13)22-14/h6-7,10-11H,1-5,8-9H2,(H,18,20)(H,19,23)(H,21,22). The number of rotatable bonds is 4. The van der Waals surface area contributed by atoms with E-state index in [0.717, 1.165) is 28.6 Å². The van der Waals surface area contributed by atoms with Crippen LogP contribution in [-0.2, 0) is 11.2 Å². The van der Waals surface area contributed by atoms with Crippen molar-refractivity contribution in [2.24, 2.45) is 5.92 Å². The number of aromatic amines is 2. The average Bonchev–Trinajstić information content (AvgIpc) is 3.19. The number of carbonyl (C=O) groups is 1. The molecule has 0 aromatic carbocycles. The largest absolute Gasteiger partial charge is 0.355 e. The predicted octanol–water partition coefficient (Wildman–Crippen LogP) is 2.68. The minimum atomic E-state index is 0.0351. The Bertz CT molecular complexity index is 828. The highest BCUT2D eigenvalue weighted by Crippen LogP contribution is 2.23. The zero-order chi connectivity index (χ0) is 15.6. The van der Waals surface area contributed by atoms with Crippen LogP contribution in [0, 0.1) is 5.92 Å². The third kappa shape index (κ3) is 2.93. The van der Waals surface area contributed by atoms with Crippen molar-refractivity contribution >= 4 is 28.0 Å². The molecule has 0 unspecified atom stereocenters. The second kappa shape index (κ2) is 6.02. The Hall–Kier alpha value is -2.37. The molecule has 3 aromatic heterocycles. The number of H-pyrrole nitrogens is 2. The maximum absolute atomic E-state index is 12.2. The van der Waals surface area contributed by atoms with Crippen molar-refractivity contribution in [3.63, 3.8) is 0 Å². The molecule has 0 atom stereocenters. The summed E-state index contributed by atoms with van der Waals surface area (Å²) in [6, 6.07) is 1.97. The number of nitrogens with one attached hydrogen (secondary N) is 3. The first-order chi connectivity index (χ1) is 11.3. The Morgan fingerprint density at radius 2 is 2.17 bits per heavy atom. The number of nitrogens with zero attached hydrogens (tertiary/aromatic N) is 2. The molecule has 4 rings (SSSR count). The first kappa shape index (κ1) is 14.2. The van der Waals surface area contributed by atoms with Crippen LogP contribution in [0.25, 0.3) is 22.1 Å². The summed E-state index contributed by atoms with van der Waals surface area (Å²) in [5.74, 6) is 1.37. The van der Waals surface area contributed by atoms with Gasteiger partial charge in [-0.2, -0.15) is 0 Å². The van der Waals surface area contributed by atoms with Gasteiger partial charge in [0.1, 0.15) is 17.0 Å². The van der Waals surface area contributed by atoms with Crippen LogP contribution in [-0.4, -0.2) is 32.4 Å². The van der Waals surface area contributed by atoms with Crippen molar-refractivity contribution in [1.82, 2.24) is 25.3 Å². The van der Waals surface area contributed by atoms with Crippen LogP contribution < -0.4 is 5.32 Å². The normalized spacial score (nSPS) is 16.2. The van der Waals surface area contributed by atoms with Crippen LogP contribution in [0.5, 0.6) is 0 Å². The Morgan fingerprint density at radius 3 is 3.04 bits per heavy atom. The van der Waals surface area contributed by atoms with Crippen molar-refractivity contribution < 1.29 is 4.79 Å². The fourth-order valence-electron chi connectivity index (χ4n) is 3.48. The molecule has 0 spiro atoms. The average molecular weight is 311 g/mol. The molecule has 6 heteroatoms. The molecule has 1 saturated carbocycles. The molecule has 0 bridgehead atoms. The Morgan fingerprint density at radius 1 is 1.30 bits per heavy atom. The number of carbonyl (C=O) groups excluding carboxylic acids is 1.